The first kappa shape index (κ1) is 30.4. The largest absolute Gasteiger partial charge is 0.480 e. The van der Waals surface area contributed by atoms with Crippen molar-refractivity contribution in [2.75, 3.05) is 12.0 Å². The minimum atomic E-state index is -1.13. The van der Waals surface area contributed by atoms with Gasteiger partial charge in [-0.05, 0) is 36.7 Å². The Bertz CT molecular complexity index is 819. The summed E-state index contributed by atoms with van der Waals surface area (Å²) in [5.74, 6) is -2.21. The molecule has 7 N–H and O–H groups in total. The van der Waals surface area contributed by atoms with Crippen LogP contribution >= 0.6 is 11.8 Å². The quantitative estimate of drug-likeness (QED) is 0.187. The summed E-state index contributed by atoms with van der Waals surface area (Å²) in [5.41, 5.74) is 6.67. The van der Waals surface area contributed by atoms with E-state index in [2.05, 4.69) is 25.9 Å². The summed E-state index contributed by atoms with van der Waals surface area (Å²) in [7, 11) is 0. The van der Waals surface area contributed by atoms with Crippen molar-refractivity contribution < 1.29 is 24.3 Å². The first-order valence-corrected chi connectivity index (χ1v) is 13.2. The lowest BCUT2D eigenvalue weighted by Crippen LogP contribution is -2.58. The number of carbonyl (C=O) groups excluding carboxylic acids is 3. The standard InChI is InChI=1S/C23H40N6O5S/c1-6-14(4)19(24)22(32)28-17(10-15-11-25-12-26-15)21(31)27-16(7-8-35-5)20(30)29-18(23(33)34)9-13(2)3/h11-14,16-19H,6-10,24H2,1-5H3,(H,25,26)(H,27,31)(H,28,32)(H,29,30)(H,33,34). The normalized spacial score (nSPS) is 15.5. The molecule has 11 nitrogen and oxygen atoms in total. The third-order valence-electron chi connectivity index (χ3n) is 5.74. The molecule has 5 unspecified atom stereocenters. The van der Waals surface area contributed by atoms with Crippen LogP contribution in [0.25, 0.3) is 0 Å². The van der Waals surface area contributed by atoms with Crippen LogP contribution in [0.5, 0.6) is 0 Å². The summed E-state index contributed by atoms with van der Waals surface area (Å²) in [4.78, 5) is 57.4. The maximum Gasteiger partial charge on any atom is 0.326 e. The van der Waals surface area contributed by atoms with Crippen molar-refractivity contribution in [2.24, 2.45) is 17.6 Å². The van der Waals surface area contributed by atoms with Crippen LogP contribution in [0, 0.1) is 11.8 Å². The van der Waals surface area contributed by atoms with E-state index in [1.54, 1.807) is 6.20 Å². The molecule has 1 heterocycles. The predicted octanol–water partition coefficient (Wildman–Crippen LogP) is 0.664. The van der Waals surface area contributed by atoms with E-state index in [0.717, 1.165) is 0 Å². The average molecular weight is 513 g/mol. The Morgan fingerprint density at radius 2 is 1.66 bits per heavy atom. The second kappa shape index (κ2) is 15.4. The number of nitrogens with zero attached hydrogens (tertiary/aromatic N) is 1. The number of hydrogen-bond donors (Lipinski definition) is 6. The van der Waals surface area contributed by atoms with E-state index in [4.69, 9.17) is 5.73 Å². The summed E-state index contributed by atoms with van der Waals surface area (Å²) >= 11 is 1.50. The highest BCUT2D eigenvalue weighted by Crippen LogP contribution is 2.09. The molecule has 198 valence electrons. The molecular weight excluding hydrogens is 472 g/mol. The molecule has 3 amide bonds. The van der Waals surface area contributed by atoms with Crippen LogP contribution in [0.1, 0.15) is 52.7 Å². The monoisotopic (exact) mass is 512 g/mol. The van der Waals surface area contributed by atoms with Crippen molar-refractivity contribution in [2.45, 2.75) is 77.5 Å². The van der Waals surface area contributed by atoms with Gasteiger partial charge in [-0.25, -0.2) is 9.78 Å². The number of hydrogen-bond acceptors (Lipinski definition) is 7. The minimum Gasteiger partial charge on any atom is -0.480 e. The van der Waals surface area contributed by atoms with Crippen LogP contribution in [0.15, 0.2) is 12.5 Å². The zero-order valence-electron chi connectivity index (χ0n) is 21.2. The van der Waals surface area contributed by atoms with E-state index in [9.17, 15) is 24.3 Å². The van der Waals surface area contributed by atoms with Crippen molar-refractivity contribution >= 4 is 35.5 Å². The van der Waals surface area contributed by atoms with Gasteiger partial charge < -0.3 is 31.8 Å². The molecule has 1 aromatic rings. The molecule has 0 aromatic carbocycles. The summed E-state index contributed by atoms with van der Waals surface area (Å²) < 4.78 is 0. The van der Waals surface area contributed by atoms with Crippen molar-refractivity contribution in [1.29, 1.82) is 0 Å². The Morgan fingerprint density at radius 3 is 2.17 bits per heavy atom. The number of imidazole rings is 1. The number of aliphatic carboxylic acids is 1. The molecular formula is C23H40N6O5S. The van der Waals surface area contributed by atoms with Gasteiger partial charge >= 0.3 is 5.97 Å². The third-order valence-corrected chi connectivity index (χ3v) is 6.38. The first-order valence-electron chi connectivity index (χ1n) is 11.9. The number of nitrogens with one attached hydrogen (secondary N) is 4. The van der Waals surface area contributed by atoms with Crippen LogP contribution in [-0.4, -0.2) is 74.9 Å². The highest BCUT2D eigenvalue weighted by molar-refractivity contribution is 7.98. The lowest BCUT2D eigenvalue weighted by molar-refractivity contribution is -0.142. The minimum absolute atomic E-state index is 0.0550. The van der Waals surface area contributed by atoms with Gasteiger partial charge in [0.2, 0.25) is 17.7 Å². The molecule has 0 radical (unpaired) electrons. The highest BCUT2D eigenvalue weighted by atomic mass is 32.2. The molecule has 0 saturated heterocycles. The van der Waals surface area contributed by atoms with Crippen molar-refractivity contribution in [3.05, 3.63) is 18.2 Å². The fourth-order valence-electron chi connectivity index (χ4n) is 3.35. The van der Waals surface area contributed by atoms with E-state index in [0.29, 0.717) is 24.3 Å². The smallest absolute Gasteiger partial charge is 0.326 e. The number of aromatic nitrogens is 2. The number of amides is 3. The topological polar surface area (TPSA) is 179 Å². The SMILES string of the molecule is CCC(C)C(N)C(=O)NC(Cc1cnc[nH]1)C(=O)NC(CCSC)C(=O)NC(CC(C)C)C(=O)O. The van der Waals surface area contributed by atoms with Crippen LogP contribution in [0.2, 0.25) is 0 Å². The predicted molar refractivity (Wildman–Crippen MR) is 136 cm³/mol. The molecule has 0 bridgehead atoms. The van der Waals surface area contributed by atoms with Gasteiger partial charge in [-0.1, -0.05) is 34.1 Å². The van der Waals surface area contributed by atoms with Crippen LogP contribution in [0.3, 0.4) is 0 Å². The molecule has 0 spiro atoms. The molecule has 1 aromatic heterocycles. The Morgan fingerprint density at radius 1 is 1.06 bits per heavy atom. The molecule has 0 aliphatic carbocycles. The van der Waals surface area contributed by atoms with Crippen LogP contribution in [-0.2, 0) is 25.6 Å². The van der Waals surface area contributed by atoms with Crippen molar-refractivity contribution in [3.8, 4) is 0 Å². The van der Waals surface area contributed by atoms with Gasteiger partial charge in [-0.2, -0.15) is 11.8 Å². The van der Waals surface area contributed by atoms with Crippen molar-refractivity contribution in [1.82, 2.24) is 25.9 Å². The Kier molecular flexibility index (Phi) is 13.4. The third kappa shape index (κ3) is 10.7. The zero-order valence-corrected chi connectivity index (χ0v) is 22.0. The lowest BCUT2D eigenvalue weighted by Gasteiger charge is -2.26. The molecule has 12 heteroatoms. The second-order valence-corrected chi connectivity index (χ2v) is 10.1. The summed E-state index contributed by atoms with van der Waals surface area (Å²) in [5, 5.41) is 17.4. The number of carbonyl (C=O) groups is 4. The van der Waals surface area contributed by atoms with Gasteiger partial charge in [0, 0.05) is 18.3 Å². The van der Waals surface area contributed by atoms with Gasteiger partial charge in [0.05, 0.1) is 12.4 Å². The Labute approximate surface area is 211 Å². The van der Waals surface area contributed by atoms with Gasteiger partial charge in [-0.15, -0.1) is 0 Å². The maximum absolute atomic E-state index is 13.2. The molecule has 0 fully saturated rings. The number of aromatic amines is 1. The summed E-state index contributed by atoms with van der Waals surface area (Å²) in [6, 6.07) is -3.83. The number of thioether (sulfide) groups is 1. The second-order valence-electron chi connectivity index (χ2n) is 9.13. The van der Waals surface area contributed by atoms with E-state index in [1.165, 1.54) is 18.1 Å². The highest BCUT2D eigenvalue weighted by Gasteiger charge is 2.31. The number of carboxylic acids is 1. The lowest BCUT2D eigenvalue weighted by atomic mass is 9.98. The van der Waals surface area contributed by atoms with Gasteiger partial charge in [0.25, 0.3) is 0 Å². The first-order chi connectivity index (χ1) is 16.5. The number of rotatable bonds is 16. The summed E-state index contributed by atoms with van der Waals surface area (Å²) in [6.07, 6.45) is 6.25. The molecule has 35 heavy (non-hydrogen) atoms. The van der Waals surface area contributed by atoms with Crippen LogP contribution in [0.4, 0.5) is 0 Å². The molecule has 5 atom stereocenters. The zero-order chi connectivity index (χ0) is 26.5. The number of carboxylic acid groups (broad SMARTS) is 1. The number of nitrogens with two attached hydrogens (primary N) is 1. The molecule has 0 aliphatic rings. The van der Waals surface area contributed by atoms with Crippen LogP contribution < -0.4 is 21.7 Å². The maximum atomic E-state index is 13.2. The Balaban J connectivity index is 3.04. The fraction of sp³-hybridized carbons (Fsp3) is 0.696. The van der Waals surface area contributed by atoms with Gasteiger partial charge in [0.1, 0.15) is 18.1 Å². The molecule has 1 rings (SSSR count). The van der Waals surface area contributed by atoms with Gasteiger partial charge in [-0.3, -0.25) is 14.4 Å². The van der Waals surface area contributed by atoms with E-state index < -0.39 is 47.9 Å². The fourth-order valence-corrected chi connectivity index (χ4v) is 3.82. The number of H-pyrrole nitrogens is 1. The molecule has 0 saturated carbocycles. The summed E-state index contributed by atoms with van der Waals surface area (Å²) in [6.45, 7) is 7.50. The molecule has 0 aliphatic heterocycles. The van der Waals surface area contributed by atoms with E-state index in [1.807, 2.05) is 34.0 Å². The van der Waals surface area contributed by atoms with Crippen molar-refractivity contribution in [3.63, 3.8) is 0 Å². The van der Waals surface area contributed by atoms with E-state index in [-0.39, 0.29) is 24.7 Å². The average Bonchev–Trinajstić information content (AvgIpc) is 3.32. The Hall–Kier alpha value is -2.60. The van der Waals surface area contributed by atoms with Gasteiger partial charge in [0.15, 0.2) is 0 Å². The van der Waals surface area contributed by atoms with E-state index >= 15 is 0 Å².